The van der Waals surface area contributed by atoms with Crippen molar-refractivity contribution in [2.75, 3.05) is 12.3 Å². The molecule has 1 aromatic carbocycles. The van der Waals surface area contributed by atoms with Gasteiger partial charge in [0.05, 0.1) is 0 Å². The van der Waals surface area contributed by atoms with Crippen molar-refractivity contribution in [1.29, 1.82) is 0 Å². The van der Waals surface area contributed by atoms with Crippen molar-refractivity contribution in [3.63, 3.8) is 0 Å². The van der Waals surface area contributed by atoms with Crippen molar-refractivity contribution in [1.82, 2.24) is 10.3 Å². The van der Waals surface area contributed by atoms with Crippen molar-refractivity contribution in [3.8, 4) is 0 Å². The maximum Gasteiger partial charge on any atom is 0.0359 e. The zero-order valence-electron chi connectivity index (χ0n) is 9.76. The summed E-state index contributed by atoms with van der Waals surface area (Å²) in [6, 6.07) is 12.0. The van der Waals surface area contributed by atoms with Crippen LogP contribution in [0.5, 0.6) is 0 Å². The first kappa shape index (κ1) is 11.6. The average molecular weight is 227 g/mol. The molecule has 2 rings (SSSR count). The highest BCUT2D eigenvalue weighted by molar-refractivity contribution is 5.46. The lowest BCUT2D eigenvalue weighted by molar-refractivity contribution is 0.687. The number of hydrogen-bond acceptors (Lipinski definition) is 3. The minimum absolute atomic E-state index is 0.812. The van der Waals surface area contributed by atoms with E-state index < -0.39 is 0 Å². The lowest BCUT2D eigenvalue weighted by Crippen LogP contribution is -2.17. The van der Waals surface area contributed by atoms with Crippen LogP contribution in [-0.2, 0) is 13.0 Å². The molecule has 0 saturated heterocycles. The van der Waals surface area contributed by atoms with Crippen LogP contribution >= 0.6 is 0 Å². The van der Waals surface area contributed by atoms with Gasteiger partial charge in [-0.15, -0.1) is 0 Å². The normalized spacial score (nSPS) is 10.4. The molecule has 1 aromatic heterocycles. The maximum atomic E-state index is 5.86. The number of benzene rings is 1. The topological polar surface area (TPSA) is 50.9 Å². The number of aromatic nitrogens is 1. The Morgan fingerprint density at radius 3 is 2.76 bits per heavy atom. The van der Waals surface area contributed by atoms with Crippen LogP contribution in [0, 0.1) is 0 Å². The van der Waals surface area contributed by atoms with Crippen LogP contribution in [0.4, 0.5) is 5.69 Å². The van der Waals surface area contributed by atoms with E-state index in [1.54, 1.807) is 6.20 Å². The van der Waals surface area contributed by atoms with Gasteiger partial charge in [-0.25, -0.2) is 0 Å². The van der Waals surface area contributed by atoms with Crippen LogP contribution in [0.3, 0.4) is 0 Å². The van der Waals surface area contributed by atoms with Gasteiger partial charge < -0.3 is 11.1 Å². The smallest absolute Gasteiger partial charge is 0.0359 e. The van der Waals surface area contributed by atoms with Crippen LogP contribution < -0.4 is 11.1 Å². The van der Waals surface area contributed by atoms with Crippen LogP contribution in [-0.4, -0.2) is 11.5 Å². The van der Waals surface area contributed by atoms with Gasteiger partial charge in [-0.05, 0) is 36.2 Å². The summed E-state index contributed by atoms with van der Waals surface area (Å²) in [6.07, 6.45) is 4.68. The molecule has 0 unspecified atom stereocenters. The summed E-state index contributed by atoms with van der Waals surface area (Å²) < 4.78 is 0. The molecule has 2 aromatic rings. The third-order valence-electron chi connectivity index (χ3n) is 2.68. The fourth-order valence-electron chi connectivity index (χ4n) is 1.70. The third kappa shape index (κ3) is 3.57. The van der Waals surface area contributed by atoms with Crippen LogP contribution in [0.25, 0.3) is 0 Å². The zero-order chi connectivity index (χ0) is 11.9. The predicted molar refractivity (Wildman–Crippen MR) is 70.5 cm³/mol. The molecule has 0 amide bonds. The van der Waals surface area contributed by atoms with Crippen molar-refractivity contribution in [3.05, 3.63) is 59.9 Å². The first-order chi connectivity index (χ1) is 8.36. The number of anilines is 1. The number of nitrogens with zero attached hydrogens (tertiary/aromatic N) is 1. The minimum Gasteiger partial charge on any atom is -0.398 e. The molecule has 0 radical (unpaired) electrons. The number of nitrogens with two attached hydrogens (primary N) is 1. The molecule has 3 nitrogen and oxygen atoms in total. The van der Waals surface area contributed by atoms with E-state index in [0.717, 1.165) is 30.8 Å². The summed E-state index contributed by atoms with van der Waals surface area (Å²) in [5, 5.41) is 3.38. The van der Waals surface area contributed by atoms with Crippen LogP contribution in [0.1, 0.15) is 11.1 Å². The highest BCUT2D eigenvalue weighted by Gasteiger charge is 1.97. The van der Waals surface area contributed by atoms with Gasteiger partial charge in [-0.3, -0.25) is 4.98 Å². The van der Waals surface area contributed by atoms with E-state index in [1.807, 2.05) is 36.5 Å². The summed E-state index contributed by atoms with van der Waals surface area (Å²) in [7, 11) is 0. The Labute approximate surface area is 102 Å². The first-order valence-corrected chi connectivity index (χ1v) is 5.79. The fraction of sp³-hybridized carbons (Fsp3) is 0.214. The van der Waals surface area contributed by atoms with Gasteiger partial charge in [0.25, 0.3) is 0 Å². The molecule has 17 heavy (non-hydrogen) atoms. The van der Waals surface area contributed by atoms with Crippen molar-refractivity contribution in [2.24, 2.45) is 0 Å². The minimum atomic E-state index is 0.812. The SMILES string of the molecule is Nc1ccccc1CNCCc1cccnc1. The van der Waals surface area contributed by atoms with Crippen molar-refractivity contribution in [2.45, 2.75) is 13.0 Å². The monoisotopic (exact) mass is 227 g/mol. The molecule has 0 atom stereocenters. The number of para-hydroxylation sites is 1. The van der Waals surface area contributed by atoms with Crippen molar-refractivity contribution < 1.29 is 0 Å². The third-order valence-corrected chi connectivity index (χ3v) is 2.68. The molecule has 0 bridgehead atoms. The van der Waals surface area contributed by atoms with Gasteiger partial charge in [-0.2, -0.15) is 0 Å². The Morgan fingerprint density at radius 2 is 2.00 bits per heavy atom. The second-order valence-corrected chi connectivity index (χ2v) is 3.99. The molecule has 0 saturated carbocycles. The van der Waals surface area contributed by atoms with E-state index in [0.29, 0.717) is 0 Å². The molecule has 0 aliphatic rings. The number of pyridine rings is 1. The summed E-state index contributed by atoms with van der Waals surface area (Å²) in [4.78, 5) is 4.09. The molecule has 0 aliphatic heterocycles. The lowest BCUT2D eigenvalue weighted by atomic mass is 10.1. The Bertz CT molecular complexity index is 454. The highest BCUT2D eigenvalue weighted by Crippen LogP contribution is 2.09. The number of hydrogen-bond donors (Lipinski definition) is 2. The lowest BCUT2D eigenvalue weighted by Gasteiger charge is -2.07. The molecule has 88 valence electrons. The van der Waals surface area contributed by atoms with Crippen molar-refractivity contribution >= 4 is 5.69 Å². The molecule has 0 fully saturated rings. The second kappa shape index (κ2) is 6.01. The predicted octanol–water partition coefficient (Wildman–Crippen LogP) is 2.00. The highest BCUT2D eigenvalue weighted by atomic mass is 14.8. The van der Waals surface area contributed by atoms with E-state index in [2.05, 4.69) is 16.4 Å². The Hall–Kier alpha value is -1.87. The maximum absolute atomic E-state index is 5.86. The van der Waals surface area contributed by atoms with Gasteiger partial charge in [0.2, 0.25) is 0 Å². The first-order valence-electron chi connectivity index (χ1n) is 5.79. The molecule has 3 heteroatoms. The average Bonchev–Trinajstić information content (AvgIpc) is 2.38. The van der Waals surface area contributed by atoms with Gasteiger partial charge >= 0.3 is 0 Å². The quantitative estimate of drug-likeness (QED) is 0.606. The molecular weight excluding hydrogens is 210 g/mol. The Morgan fingerprint density at radius 1 is 1.12 bits per heavy atom. The Kier molecular flexibility index (Phi) is 4.11. The Balaban J connectivity index is 1.76. The van der Waals surface area contributed by atoms with E-state index in [4.69, 9.17) is 5.73 Å². The largest absolute Gasteiger partial charge is 0.398 e. The summed E-state index contributed by atoms with van der Waals surface area (Å²) in [5.41, 5.74) is 9.11. The summed E-state index contributed by atoms with van der Waals surface area (Å²) in [6.45, 7) is 1.74. The molecule has 0 spiro atoms. The van der Waals surface area contributed by atoms with Gasteiger partial charge in [0.1, 0.15) is 0 Å². The molecular formula is C14H17N3. The van der Waals surface area contributed by atoms with Crippen LogP contribution in [0.15, 0.2) is 48.8 Å². The van der Waals surface area contributed by atoms with Gasteiger partial charge in [0, 0.05) is 24.6 Å². The van der Waals surface area contributed by atoms with E-state index in [-0.39, 0.29) is 0 Å². The summed E-state index contributed by atoms with van der Waals surface area (Å²) in [5.74, 6) is 0. The summed E-state index contributed by atoms with van der Waals surface area (Å²) >= 11 is 0. The standard InChI is InChI=1S/C14H17N3/c15-14-6-2-1-5-13(14)11-17-9-7-12-4-3-8-16-10-12/h1-6,8,10,17H,7,9,11,15H2. The number of nitrogens with one attached hydrogen (secondary N) is 1. The zero-order valence-corrected chi connectivity index (χ0v) is 9.76. The van der Waals surface area contributed by atoms with Crippen LogP contribution in [0.2, 0.25) is 0 Å². The van der Waals surface area contributed by atoms with E-state index in [1.165, 1.54) is 5.56 Å². The van der Waals surface area contributed by atoms with E-state index in [9.17, 15) is 0 Å². The van der Waals surface area contributed by atoms with Gasteiger partial charge in [-0.1, -0.05) is 24.3 Å². The second-order valence-electron chi connectivity index (χ2n) is 3.99. The molecule has 0 aliphatic carbocycles. The fourth-order valence-corrected chi connectivity index (χ4v) is 1.70. The van der Waals surface area contributed by atoms with E-state index >= 15 is 0 Å². The molecule has 1 heterocycles. The number of nitrogen functional groups attached to an aromatic ring is 1. The number of rotatable bonds is 5. The van der Waals surface area contributed by atoms with Gasteiger partial charge in [0.15, 0.2) is 0 Å². The molecule has 3 N–H and O–H groups in total.